The number of ether oxygens (including phenoxy) is 1. The Morgan fingerprint density at radius 1 is 1.25 bits per heavy atom. The van der Waals surface area contributed by atoms with Gasteiger partial charge in [-0.2, -0.15) is 0 Å². The van der Waals surface area contributed by atoms with Gasteiger partial charge in [0.05, 0.1) is 17.6 Å². The number of hydrogen-bond donors (Lipinski definition) is 2. The van der Waals surface area contributed by atoms with E-state index in [0.717, 1.165) is 17.3 Å². The third-order valence-electron chi connectivity index (χ3n) is 4.77. The predicted molar refractivity (Wildman–Crippen MR) is 101 cm³/mol. The molecule has 0 spiro atoms. The minimum atomic E-state index is -1.22. The van der Waals surface area contributed by atoms with Crippen molar-refractivity contribution in [3.8, 4) is 5.75 Å². The van der Waals surface area contributed by atoms with Crippen molar-refractivity contribution in [1.82, 2.24) is 4.90 Å². The minimum absolute atomic E-state index is 0.166. The average molecular weight is 399 g/mol. The number of rotatable bonds is 6. The Balaban J connectivity index is 1.63. The number of hydrogen-bond acceptors (Lipinski definition) is 5. The molecule has 3 heterocycles. The highest BCUT2D eigenvalue weighted by Gasteiger charge is 2.58. The molecule has 0 radical (unpaired) electrons. The van der Waals surface area contributed by atoms with E-state index in [1.54, 1.807) is 6.07 Å². The average Bonchev–Trinajstić information content (AvgIpc) is 2.98. The topological polar surface area (TPSA) is 91.0 Å². The van der Waals surface area contributed by atoms with Gasteiger partial charge in [0, 0.05) is 12.1 Å². The molecular formula is C20H19N2O5S+. The van der Waals surface area contributed by atoms with E-state index in [1.807, 2.05) is 53.4 Å². The molecule has 2 aliphatic heterocycles. The fourth-order valence-corrected chi connectivity index (χ4v) is 4.85. The molecule has 4 rings (SSSR count). The van der Waals surface area contributed by atoms with E-state index in [1.165, 1.54) is 11.8 Å². The third kappa shape index (κ3) is 3.14. The first-order valence-corrected chi connectivity index (χ1v) is 9.70. The lowest BCUT2D eigenvalue weighted by atomic mass is 9.92. The van der Waals surface area contributed by atoms with Crippen molar-refractivity contribution >= 4 is 23.6 Å². The summed E-state index contributed by atoms with van der Waals surface area (Å²) in [5.41, 5.74) is 0.711. The number of carboxylic acid groups (broad SMARTS) is 1. The minimum Gasteiger partial charge on any atom is -0.476 e. The number of nitrogens with zero attached hydrogens (tertiary/aromatic N) is 2. The van der Waals surface area contributed by atoms with Gasteiger partial charge in [0.25, 0.3) is 0 Å². The van der Waals surface area contributed by atoms with Crippen molar-refractivity contribution < 1.29 is 29.1 Å². The monoisotopic (exact) mass is 399 g/mol. The Bertz CT molecular complexity index is 960. The number of β-lactam (4-membered cyclic amide) rings is 1. The van der Waals surface area contributed by atoms with E-state index in [0.29, 0.717) is 12.3 Å². The summed E-state index contributed by atoms with van der Waals surface area (Å²) in [6, 6.07) is 13.2. The molecule has 144 valence electrons. The van der Waals surface area contributed by atoms with Crippen LogP contribution in [0.4, 0.5) is 0 Å². The first-order valence-electron chi connectivity index (χ1n) is 8.82. The summed E-state index contributed by atoms with van der Waals surface area (Å²) in [6.45, 7) is 2.09. The second-order valence-corrected chi connectivity index (χ2v) is 7.77. The number of carbonyl (C=O) groups is 2. The van der Waals surface area contributed by atoms with E-state index >= 15 is 0 Å². The molecule has 7 nitrogen and oxygen atoms in total. The number of aromatic nitrogens is 1. The summed E-state index contributed by atoms with van der Waals surface area (Å²) in [6.07, 6.45) is 3.01. The second-order valence-electron chi connectivity index (χ2n) is 6.68. The molecule has 2 aliphatic rings. The summed E-state index contributed by atoms with van der Waals surface area (Å²) in [5.74, 6) is -1.71. The Hall–Kier alpha value is -2.84. The number of amides is 1. The van der Waals surface area contributed by atoms with Crippen LogP contribution >= 0.6 is 11.8 Å². The van der Waals surface area contributed by atoms with Gasteiger partial charge in [0.2, 0.25) is 5.91 Å². The Morgan fingerprint density at radius 3 is 2.64 bits per heavy atom. The standard InChI is InChI=1S/C20H18N2O5S/c1-12(23)15-17(24)22-16(19(25)26)20(28-18(15)22)27-14-8-4-3-7-13(14)11-21-9-5-2-6-10-21/h2-10,12,15,18,23H,11H2,1H3/p+1/t12-,15+,18-/m1/s1. The number of thioether (sulfide) groups is 1. The maximum Gasteiger partial charge on any atom is 0.357 e. The van der Waals surface area contributed by atoms with Crippen molar-refractivity contribution in [2.75, 3.05) is 0 Å². The third-order valence-corrected chi connectivity index (χ3v) is 6.01. The highest BCUT2D eigenvalue weighted by molar-refractivity contribution is 8.03. The van der Waals surface area contributed by atoms with Crippen LogP contribution in [0, 0.1) is 5.92 Å². The maximum absolute atomic E-state index is 12.3. The summed E-state index contributed by atoms with van der Waals surface area (Å²) < 4.78 is 7.97. The van der Waals surface area contributed by atoms with Crippen molar-refractivity contribution in [2.45, 2.75) is 24.9 Å². The molecule has 2 aromatic rings. The van der Waals surface area contributed by atoms with Gasteiger partial charge in [-0.3, -0.25) is 9.69 Å². The lowest BCUT2D eigenvalue weighted by Gasteiger charge is -2.43. The number of pyridine rings is 1. The van der Waals surface area contributed by atoms with Gasteiger partial charge in [-0.1, -0.05) is 30.0 Å². The van der Waals surface area contributed by atoms with Crippen molar-refractivity contribution in [1.29, 1.82) is 0 Å². The van der Waals surface area contributed by atoms with E-state index in [4.69, 9.17) is 4.74 Å². The molecule has 0 unspecified atom stereocenters. The van der Waals surface area contributed by atoms with Crippen LogP contribution in [0.3, 0.4) is 0 Å². The van der Waals surface area contributed by atoms with Crippen molar-refractivity contribution in [3.63, 3.8) is 0 Å². The maximum atomic E-state index is 12.3. The molecule has 0 aliphatic carbocycles. The van der Waals surface area contributed by atoms with Gasteiger partial charge in [-0.05, 0) is 19.1 Å². The van der Waals surface area contributed by atoms with Crippen LogP contribution in [0.15, 0.2) is 65.6 Å². The molecule has 0 saturated carbocycles. The fourth-order valence-electron chi connectivity index (χ4n) is 3.39. The van der Waals surface area contributed by atoms with E-state index in [-0.39, 0.29) is 10.8 Å². The van der Waals surface area contributed by atoms with Crippen LogP contribution in [0.2, 0.25) is 0 Å². The molecule has 1 fully saturated rings. The van der Waals surface area contributed by atoms with Crippen LogP contribution in [-0.4, -0.2) is 38.5 Å². The predicted octanol–water partition coefficient (Wildman–Crippen LogP) is 1.57. The Kier molecular flexibility index (Phi) is 4.82. The SMILES string of the molecule is C[C@@H](O)[C@H]1C(=O)N2C(C(=O)O)=C(Oc3ccccc3C[n+]3ccccc3)S[C@H]12. The molecular weight excluding hydrogens is 380 g/mol. The molecule has 8 heteroatoms. The quantitative estimate of drug-likeness (QED) is 0.566. The van der Waals surface area contributed by atoms with Crippen LogP contribution in [-0.2, 0) is 16.1 Å². The molecule has 28 heavy (non-hydrogen) atoms. The normalized spacial score (nSPS) is 21.9. The molecule has 1 saturated heterocycles. The van der Waals surface area contributed by atoms with Gasteiger partial charge >= 0.3 is 5.97 Å². The lowest BCUT2D eigenvalue weighted by Crippen LogP contribution is -2.60. The number of carbonyl (C=O) groups excluding carboxylic acids is 1. The van der Waals surface area contributed by atoms with Crippen molar-refractivity contribution in [2.24, 2.45) is 5.92 Å². The molecule has 1 aromatic carbocycles. The van der Waals surface area contributed by atoms with E-state index in [2.05, 4.69) is 0 Å². The highest BCUT2D eigenvalue weighted by atomic mass is 32.2. The number of aliphatic hydroxyl groups is 1. The zero-order chi connectivity index (χ0) is 19.8. The number of fused-ring (bicyclic) bond motifs is 1. The van der Waals surface area contributed by atoms with E-state index in [9.17, 15) is 19.8 Å². The molecule has 1 amide bonds. The van der Waals surface area contributed by atoms with Crippen molar-refractivity contribution in [3.05, 3.63) is 71.2 Å². The number of aliphatic carboxylic acids is 1. The summed E-state index contributed by atoms with van der Waals surface area (Å²) in [5, 5.41) is 19.2. The smallest absolute Gasteiger partial charge is 0.357 e. The lowest BCUT2D eigenvalue weighted by molar-refractivity contribution is -0.688. The van der Waals surface area contributed by atoms with Gasteiger partial charge in [0.15, 0.2) is 29.7 Å². The van der Waals surface area contributed by atoms with E-state index < -0.39 is 29.3 Å². The van der Waals surface area contributed by atoms with Gasteiger partial charge in [-0.25, -0.2) is 9.36 Å². The molecule has 2 N–H and O–H groups in total. The fraction of sp³-hybridized carbons (Fsp3) is 0.250. The molecule has 3 atom stereocenters. The van der Waals surface area contributed by atoms with Crippen LogP contribution in [0.5, 0.6) is 5.75 Å². The van der Waals surface area contributed by atoms with Gasteiger partial charge in [0.1, 0.15) is 11.1 Å². The molecule has 1 aromatic heterocycles. The number of benzene rings is 1. The first-order chi connectivity index (χ1) is 13.5. The Morgan fingerprint density at radius 2 is 1.96 bits per heavy atom. The summed E-state index contributed by atoms with van der Waals surface area (Å²) >= 11 is 1.16. The summed E-state index contributed by atoms with van der Waals surface area (Å²) in [4.78, 5) is 25.3. The van der Waals surface area contributed by atoms with Crippen LogP contribution in [0.1, 0.15) is 12.5 Å². The second kappa shape index (κ2) is 7.29. The van der Waals surface area contributed by atoms with Gasteiger partial charge < -0.3 is 14.9 Å². The summed E-state index contributed by atoms with van der Waals surface area (Å²) in [7, 11) is 0. The number of para-hydroxylation sites is 1. The molecule has 0 bridgehead atoms. The highest BCUT2D eigenvalue weighted by Crippen LogP contribution is 2.50. The van der Waals surface area contributed by atoms with Crippen LogP contribution in [0.25, 0.3) is 0 Å². The first kappa shape index (κ1) is 18.5. The number of aliphatic hydroxyl groups excluding tert-OH is 1. The van der Waals surface area contributed by atoms with Gasteiger partial charge in [-0.15, -0.1) is 0 Å². The number of carboxylic acids is 1. The zero-order valence-electron chi connectivity index (χ0n) is 15.1. The Labute approximate surface area is 165 Å². The van der Waals surface area contributed by atoms with Crippen LogP contribution < -0.4 is 9.30 Å². The largest absolute Gasteiger partial charge is 0.476 e. The zero-order valence-corrected chi connectivity index (χ0v) is 15.9.